The zero-order valence-electron chi connectivity index (χ0n) is 17.7. The van der Waals surface area contributed by atoms with Crippen molar-refractivity contribution in [1.82, 2.24) is 14.8 Å². The quantitative estimate of drug-likeness (QED) is 0.205. The summed E-state index contributed by atoms with van der Waals surface area (Å²) in [5.41, 5.74) is 1.31. The summed E-state index contributed by atoms with van der Waals surface area (Å²) in [5.74, 6) is 1.24. The van der Waals surface area contributed by atoms with Gasteiger partial charge in [-0.3, -0.25) is 19.5 Å². The molecule has 0 saturated heterocycles. The van der Waals surface area contributed by atoms with Gasteiger partial charge in [-0.15, -0.1) is 21.5 Å². The molecule has 0 atom stereocenters. The Kier molecular flexibility index (Phi) is 6.71. The number of nitro benzene ring substituents is 1. The number of non-ortho nitro benzene ring substituents is 1. The fraction of sp³-hybridized carbons (Fsp3) is 0.136. The van der Waals surface area contributed by atoms with Crippen LogP contribution in [-0.4, -0.2) is 45.5 Å². The smallest absolute Gasteiger partial charge is 0.269 e. The third kappa shape index (κ3) is 4.73. The zero-order valence-corrected chi connectivity index (χ0v) is 19.4. The van der Waals surface area contributed by atoms with E-state index in [1.54, 1.807) is 37.6 Å². The molecule has 9 nitrogen and oxygen atoms in total. The van der Waals surface area contributed by atoms with Crippen molar-refractivity contribution in [2.45, 2.75) is 5.16 Å². The number of carbonyl (C=O) groups excluding carboxylic acids is 1. The van der Waals surface area contributed by atoms with Crippen LogP contribution >= 0.6 is 23.1 Å². The lowest BCUT2D eigenvalue weighted by atomic mass is 10.2. The highest BCUT2D eigenvalue weighted by atomic mass is 32.2. The van der Waals surface area contributed by atoms with Crippen LogP contribution in [0.25, 0.3) is 16.4 Å². The number of benzene rings is 2. The van der Waals surface area contributed by atoms with E-state index in [0.717, 1.165) is 10.6 Å². The highest BCUT2D eigenvalue weighted by molar-refractivity contribution is 7.99. The molecule has 33 heavy (non-hydrogen) atoms. The van der Waals surface area contributed by atoms with E-state index in [0.29, 0.717) is 22.4 Å². The number of nitro groups is 1. The Labute approximate surface area is 197 Å². The number of anilines is 1. The molecule has 2 heterocycles. The Morgan fingerprint density at radius 3 is 2.58 bits per heavy atom. The lowest BCUT2D eigenvalue weighted by Crippen LogP contribution is -2.28. The number of ether oxygens (including phenoxy) is 1. The summed E-state index contributed by atoms with van der Waals surface area (Å²) in [6.07, 6.45) is 0. The average molecular weight is 482 g/mol. The summed E-state index contributed by atoms with van der Waals surface area (Å²) in [4.78, 5) is 25.6. The van der Waals surface area contributed by atoms with E-state index in [1.165, 1.54) is 28.8 Å². The largest absolute Gasteiger partial charge is 0.495 e. The van der Waals surface area contributed by atoms with Gasteiger partial charge in [-0.2, -0.15) is 0 Å². The van der Waals surface area contributed by atoms with Gasteiger partial charge in [0.05, 0.1) is 28.4 Å². The number of rotatable bonds is 8. The van der Waals surface area contributed by atoms with Gasteiger partial charge in [-0.25, -0.2) is 0 Å². The number of thioether (sulfide) groups is 1. The summed E-state index contributed by atoms with van der Waals surface area (Å²) in [7, 11) is 3.23. The fourth-order valence-corrected chi connectivity index (χ4v) is 4.68. The molecule has 0 fully saturated rings. The Morgan fingerprint density at radius 2 is 1.91 bits per heavy atom. The van der Waals surface area contributed by atoms with Crippen LogP contribution in [0.2, 0.25) is 0 Å². The molecule has 0 aliphatic rings. The maximum absolute atomic E-state index is 12.8. The van der Waals surface area contributed by atoms with Crippen molar-refractivity contribution in [1.29, 1.82) is 0 Å². The number of thiophene rings is 1. The topological polar surface area (TPSA) is 103 Å². The Hall–Kier alpha value is -3.70. The first-order valence-corrected chi connectivity index (χ1v) is 11.6. The van der Waals surface area contributed by atoms with Crippen molar-refractivity contribution < 1.29 is 14.5 Å². The molecule has 4 rings (SSSR count). The van der Waals surface area contributed by atoms with E-state index in [-0.39, 0.29) is 17.3 Å². The van der Waals surface area contributed by atoms with Gasteiger partial charge in [0.25, 0.3) is 5.69 Å². The molecule has 0 spiro atoms. The summed E-state index contributed by atoms with van der Waals surface area (Å²) in [5, 5.41) is 22.1. The van der Waals surface area contributed by atoms with E-state index in [9.17, 15) is 14.9 Å². The standard InChI is InChI=1S/C22H19N5O4S2/c1-25(15-9-11-16(12-10-15)27(29)30)20(28)14-33-22-24-23-21(19-8-5-13-32-19)26(22)17-6-3-4-7-18(17)31-2/h3-13H,14H2,1-2H3. The van der Waals surface area contributed by atoms with E-state index < -0.39 is 4.92 Å². The number of nitrogens with zero attached hydrogens (tertiary/aromatic N) is 5. The molecule has 4 aromatic rings. The van der Waals surface area contributed by atoms with Crippen LogP contribution in [0, 0.1) is 10.1 Å². The van der Waals surface area contributed by atoms with Gasteiger partial charge in [-0.1, -0.05) is 30.0 Å². The monoisotopic (exact) mass is 481 g/mol. The van der Waals surface area contributed by atoms with Crippen LogP contribution in [0.3, 0.4) is 0 Å². The average Bonchev–Trinajstić information content (AvgIpc) is 3.52. The predicted octanol–water partition coefficient (Wildman–Crippen LogP) is 4.67. The lowest BCUT2D eigenvalue weighted by Gasteiger charge is -2.17. The summed E-state index contributed by atoms with van der Waals surface area (Å²) >= 11 is 2.80. The third-order valence-electron chi connectivity index (χ3n) is 4.85. The van der Waals surface area contributed by atoms with Crippen LogP contribution < -0.4 is 9.64 Å². The van der Waals surface area contributed by atoms with Crippen molar-refractivity contribution in [3.8, 4) is 22.1 Å². The van der Waals surface area contributed by atoms with Crippen LogP contribution in [0.1, 0.15) is 0 Å². The molecule has 1 amide bonds. The number of hydrogen-bond donors (Lipinski definition) is 0. The van der Waals surface area contributed by atoms with Crippen LogP contribution in [-0.2, 0) is 4.79 Å². The van der Waals surface area contributed by atoms with Crippen molar-refractivity contribution in [3.63, 3.8) is 0 Å². The minimum absolute atomic E-state index is 0.0278. The van der Waals surface area contributed by atoms with E-state index in [2.05, 4.69) is 10.2 Å². The highest BCUT2D eigenvalue weighted by Crippen LogP contribution is 2.34. The first-order chi connectivity index (χ1) is 16.0. The van der Waals surface area contributed by atoms with Gasteiger partial charge in [0.2, 0.25) is 5.91 Å². The van der Waals surface area contributed by atoms with Gasteiger partial charge in [0, 0.05) is 24.9 Å². The van der Waals surface area contributed by atoms with Gasteiger partial charge >= 0.3 is 0 Å². The van der Waals surface area contributed by atoms with E-state index in [4.69, 9.17) is 4.74 Å². The maximum atomic E-state index is 12.8. The van der Waals surface area contributed by atoms with E-state index in [1.807, 2.05) is 46.3 Å². The van der Waals surface area contributed by atoms with Crippen LogP contribution in [0.4, 0.5) is 11.4 Å². The number of hydrogen-bond acceptors (Lipinski definition) is 8. The number of para-hydroxylation sites is 2. The number of methoxy groups -OCH3 is 1. The fourth-order valence-electron chi connectivity index (χ4n) is 3.13. The van der Waals surface area contributed by atoms with Crippen LogP contribution in [0.15, 0.2) is 71.2 Å². The molecule has 2 aromatic carbocycles. The maximum Gasteiger partial charge on any atom is 0.269 e. The molecule has 0 aliphatic heterocycles. The summed E-state index contributed by atoms with van der Waals surface area (Å²) < 4.78 is 7.42. The van der Waals surface area contributed by atoms with Gasteiger partial charge in [0.1, 0.15) is 5.75 Å². The molecule has 168 valence electrons. The number of amides is 1. The molecule has 0 unspecified atom stereocenters. The molecular weight excluding hydrogens is 462 g/mol. The molecule has 0 aliphatic carbocycles. The molecule has 11 heteroatoms. The van der Waals surface area contributed by atoms with Crippen molar-refractivity contribution in [2.75, 3.05) is 24.8 Å². The molecule has 0 saturated carbocycles. The predicted molar refractivity (Wildman–Crippen MR) is 128 cm³/mol. The van der Waals surface area contributed by atoms with Crippen molar-refractivity contribution in [2.24, 2.45) is 0 Å². The zero-order chi connectivity index (χ0) is 23.4. The second kappa shape index (κ2) is 9.84. The normalized spacial score (nSPS) is 10.7. The Morgan fingerprint density at radius 1 is 1.15 bits per heavy atom. The number of aromatic nitrogens is 3. The first kappa shape index (κ1) is 22.5. The Balaban J connectivity index is 1.59. The molecular formula is C22H19N5O4S2. The molecule has 0 bridgehead atoms. The van der Waals surface area contributed by atoms with Crippen molar-refractivity contribution in [3.05, 3.63) is 76.2 Å². The lowest BCUT2D eigenvalue weighted by molar-refractivity contribution is -0.384. The molecule has 0 radical (unpaired) electrons. The molecule has 0 N–H and O–H groups in total. The first-order valence-electron chi connectivity index (χ1n) is 9.76. The Bertz CT molecular complexity index is 1270. The number of carbonyl (C=O) groups is 1. The van der Waals surface area contributed by atoms with E-state index >= 15 is 0 Å². The van der Waals surface area contributed by atoms with Crippen LogP contribution in [0.5, 0.6) is 5.75 Å². The second-order valence-electron chi connectivity index (χ2n) is 6.81. The minimum Gasteiger partial charge on any atom is -0.495 e. The van der Waals surface area contributed by atoms with Gasteiger partial charge in [-0.05, 0) is 35.7 Å². The summed E-state index contributed by atoms with van der Waals surface area (Å²) in [6, 6.07) is 17.3. The highest BCUT2D eigenvalue weighted by Gasteiger charge is 2.21. The second-order valence-corrected chi connectivity index (χ2v) is 8.70. The SMILES string of the molecule is COc1ccccc1-n1c(SCC(=O)N(C)c2ccc([N+](=O)[O-])cc2)nnc1-c1cccs1. The van der Waals surface area contributed by atoms with Gasteiger partial charge < -0.3 is 9.64 Å². The molecule has 2 aromatic heterocycles. The minimum atomic E-state index is -0.475. The summed E-state index contributed by atoms with van der Waals surface area (Å²) in [6.45, 7) is 0. The van der Waals surface area contributed by atoms with Gasteiger partial charge in [0.15, 0.2) is 11.0 Å². The van der Waals surface area contributed by atoms with Crippen molar-refractivity contribution >= 4 is 40.4 Å². The third-order valence-corrected chi connectivity index (χ3v) is 6.63.